The lowest BCUT2D eigenvalue weighted by Crippen LogP contribution is -2.32. The number of rotatable bonds is 6. The Kier molecular flexibility index (Phi) is 5.46. The van der Waals surface area contributed by atoms with E-state index in [1.54, 1.807) is 12.3 Å². The van der Waals surface area contributed by atoms with Gasteiger partial charge in [-0.3, -0.25) is 14.3 Å². The molecule has 1 atom stereocenters. The number of benzene rings is 1. The molecule has 0 radical (unpaired) electrons. The number of nitrogens with one attached hydrogen (secondary N) is 2. The van der Waals surface area contributed by atoms with E-state index in [1.165, 1.54) is 21.5 Å². The smallest absolute Gasteiger partial charge is 0.329 e. The zero-order chi connectivity index (χ0) is 19.6. The van der Waals surface area contributed by atoms with Crippen molar-refractivity contribution in [1.29, 1.82) is 0 Å². The minimum absolute atomic E-state index is 0.126. The van der Waals surface area contributed by atoms with Crippen LogP contribution in [0, 0.1) is 0 Å². The number of aromatic amines is 1. The summed E-state index contributed by atoms with van der Waals surface area (Å²) in [5.41, 5.74) is 7.86. The van der Waals surface area contributed by atoms with Crippen molar-refractivity contribution in [3.05, 3.63) is 56.0 Å². The Bertz CT molecular complexity index is 1050. The number of hydrogen-bond donors (Lipinski definition) is 3. The first kappa shape index (κ1) is 18.9. The largest absolute Gasteiger partial charge is 0.384 e. The van der Waals surface area contributed by atoms with Gasteiger partial charge >= 0.3 is 5.69 Å². The van der Waals surface area contributed by atoms with E-state index in [4.69, 9.17) is 5.73 Å². The molecule has 0 amide bonds. The van der Waals surface area contributed by atoms with Crippen LogP contribution in [0.2, 0.25) is 0 Å². The molecule has 0 fully saturated rings. The van der Waals surface area contributed by atoms with Crippen LogP contribution in [0.1, 0.15) is 38.7 Å². The van der Waals surface area contributed by atoms with Gasteiger partial charge in [0, 0.05) is 17.6 Å². The first-order valence-electron chi connectivity index (χ1n) is 8.90. The van der Waals surface area contributed by atoms with Gasteiger partial charge in [-0.25, -0.2) is 9.78 Å². The van der Waals surface area contributed by atoms with E-state index in [-0.39, 0.29) is 11.4 Å². The molecule has 2 aromatic heterocycles. The molecular formula is C19H23N5O2S. The number of hydrogen-bond acceptors (Lipinski definition) is 6. The molecule has 0 aliphatic rings. The zero-order valence-electron chi connectivity index (χ0n) is 15.6. The highest BCUT2D eigenvalue weighted by atomic mass is 32.1. The van der Waals surface area contributed by atoms with Crippen LogP contribution in [0.3, 0.4) is 0 Å². The van der Waals surface area contributed by atoms with Gasteiger partial charge in [-0.1, -0.05) is 26.0 Å². The van der Waals surface area contributed by atoms with E-state index < -0.39 is 11.2 Å². The first-order valence-corrected chi connectivity index (χ1v) is 9.78. The quantitative estimate of drug-likeness (QED) is 0.602. The number of thiazole rings is 1. The Morgan fingerprint density at radius 3 is 2.59 bits per heavy atom. The van der Waals surface area contributed by atoms with Crippen LogP contribution in [0.4, 0.5) is 16.6 Å². The molecule has 0 aliphatic heterocycles. The van der Waals surface area contributed by atoms with Gasteiger partial charge in [-0.15, -0.1) is 11.3 Å². The molecular weight excluding hydrogens is 362 g/mol. The van der Waals surface area contributed by atoms with Crippen LogP contribution < -0.4 is 22.3 Å². The molecule has 3 rings (SSSR count). The molecule has 0 unspecified atom stereocenters. The molecule has 142 valence electrons. The molecule has 0 bridgehead atoms. The second kappa shape index (κ2) is 7.79. The first-order chi connectivity index (χ1) is 12.9. The molecule has 8 heteroatoms. The van der Waals surface area contributed by atoms with Crippen LogP contribution in [0.15, 0.2) is 39.2 Å². The van der Waals surface area contributed by atoms with Crippen molar-refractivity contribution in [2.75, 3.05) is 11.1 Å². The van der Waals surface area contributed by atoms with Crippen molar-refractivity contribution in [1.82, 2.24) is 14.5 Å². The van der Waals surface area contributed by atoms with Crippen LogP contribution in [0.5, 0.6) is 0 Å². The molecule has 0 saturated heterocycles. The Hall–Kier alpha value is -2.87. The van der Waals surface area contributed by atoms with E-state index >= 15 is 0 Å². The fourth-order valence-electron chi connectivity index (χ4n) is 2.85. The Morgan fingerprint density at radius 2 is 1.96 bits per heavy atom. The maximum absolute atomic E-state index is 12.2. The molecule has 1 aromatic carbocycles. The summed E-state index contributed by atoms with van der Waals surface area (Å²) in [7, 11) is 0. The molecule has 0 aliphatic carbocycles. The SMILES string of the molecule is CC[C@@H](C)c1ccc(Nc2nc(-c3c(N)n(CC)c(=O)[nH]c3=O)cs2)cc1. The Balaban J connectivity index is 1.88. The van der Waals surface area contributed by atoms with Gasteiger partial charge in [0.25, 0.3) is 5.56 Å². The average molecular weight is 385 g/mol. The number of nitrogens with zero attached hydrogens (tertiary/aromatic N) is 2. The van der Waals surface area contributed by atoms with E-state index in [1.807, 2.05) is 12.1 Å². The lowest BCUT2D eigenvalue weighted by Gasteiger charge is -2.10. The summed E-state index contributed by atoms with van der Waals surface area (Å²) < 4.78 is 1.32. The third kappa shape index (κ3) is 3.80. The molecule has 27 heavy (non-hydrogen) atoms. The van der Waals surface area contributed by atoms with Gasteiger partial charge in [-0.2, -0.15) is 0 Å². The molecule has 4 N–H and O–H groups in total. The number of nitrogens with two attached hydrogens (primary N) is 1. The maximum atomic E-state index is 12.2. The van der Waals surface area contributed by atoms with Crippen molar-refractivity contribution in [2.24, 2.45) is 0 Å². The second-order valence-corrected chi connectivity index (χ2v) is 7.22. The van der Waals surface area contributed by atoms with E-state index in [2.05, 4.69) is 41.3 Å². The van der Waals surface area contributed by atoms with Gasteiger partial charge in [-0.05, 0) is 37.0 Å². The topological polar surface area (TPSA) is 106 Å². The normalized spacial score (nSPS) is 12.1. The number of nitrogen functional groups attached to an aromatic ring is 1. The lowest BCUT2D eigenvalue weighted by atomic mass is 9.99. The summed E-state index contributed by atoms with van der Waals surface area (Å²) in [6.07, 6.45) is 1.10. The standard InChI is InChI=1S/C19H23N5O2S/c1-4-11(3)12-6-8-13(9-7-12)21-18-22-14(10-27-18)15-16(20)24(5-2)19(26)23-17(15)25/h6-11H,4-5,20H2,1-3H3,(H,21,22)(H,23,25,26)/t11-/m1/s1. The van der Waals surface area contributed by atoms with Crippen LogP contribution in [-0.2, 0) is 6.54 Å². The van der Waals surface area contributed by atoms with Crippen LogP contribution >= 0.6 is 11.3 Å². The fourth-order valence-corrected chi connectivity index (χ4v) is 3.57. The van der Waals surface area contributed by atoms with Crippen molar-refractivity contribution >= 4 is 28.0 Å². The highest BCUT2D eigenvalue weighted by molar-refractivity contribution is 7.14. The molecule has 0 saturated carbocycles. The maximum Gasteiger partial charge on any atom is 0.329 e. The molecule has 3 aromatic rings. The van der Waals surface area contributed by atoms with Gasteiger partial charge < -0.3 is 11.1 Å². The number of anilines is 3. The highest BCUT2D eigenvalue weighted by Gasteiger charge is 2.16. The predicted octanol–water partition coefficient (Wildman–Crippen LogP) is 3.52. The second-order valence-electron chi connectivity index (χ2n) is 6.36. The van der Waals surface area contributed by atoms with Crippen molar-refractivity contribution < 1.29 is 0 Å². The van der Waals surface area contributed by atoms with Gasteiger partial charge in [0.05, 0.1) is 5.69 Å². The highest BCUT2D eigenvalue weighted by Crippen LogP contribution is 2.28. The van der Waals surface area contributed by atoms with Gasteiger partial charge in [0.15, 0.2) is 5.13 Å². The Morgan fingerprint density at radius 1 is 1.26 bits per heavy atom. The van der Waals surface area contributed by atoms with Gasteiger partial charge in [0.2, 0.25) is 0 Å². The molecule has 7 nitrogen and oxygen atoms in total. The lowest BCUT2D eigenvalue weighted by molar-refractivity contribution is 0.706. The van der Waals surface area contributed by atoms with E-state index in [0.29, 0.717) is 23.3 Å². The van der Waals surface area contributed by atoms with Crippen LogP contribution in [0.25, 0.3) is 11.3 Å². The fraction of sp³-hybridized carbons (Fsp3) is 0.316. The van der Waals surface area contributed by atoms with Crippen molar-refractivity contribution in [2.45, 2.75) is 39.7 Å². The summed E-state index contributed by atoms with van der Waals surface area (Å²) in [5.74, 6) is 0.649. The minimum Gasteiger partial charge on any atom is -0.384 e. The van der Waals surface area contributed by atoms with E-state index in [9.17, 15) is 9.59 Å². The molecule has 0 spiro atoms. The minimum atomic E-state index is -0.531. The van der Waals surface area contributed by atoms with E-state index in [0.717, 1.165) is 12.1 Å². The van der Waals surface area contributed by atoms with Gasteiger partial charge in [0.1, 0.15) is 11.4 Å². The number of aromatic nitrogens is 3. The predicted molar refractivity (Wildman–Crippen MR) is 111 cm³/mol. The van der Waals surface area contributed by atoms with Crippen molar-refractivity contribution in [3.8, 4) is 11.3 Å². The summed E-state index contributed by atoms with van der Waals surface area (Å²) in [4.78, 5) is 30.8. The summed E-state index contributed by atoms with van der Waals surface area (Å²) in [5, 5.41) is 5.64. The summed E-state index contributed by atoms with van der Waals surface area (Å²) in [6.45, 7) is 6.53. The molecule has 2 heterocycles. The third-order valence-corrected chi connectivity index (χ3v) is 5.42. The number of H-pyrrole nitrogens is 1. The monoisotopic (exact) mass is 385 g/mol. The average Bonchev–Trinajstić information content (AvgIpc) is 3.09. The third-order valence-electron chi connectivity index (χ3n) is 4.66. The summed E-state index contributed by atoms with van der Waals surface area (Å²) >= 11 is 1.37. The summed E-state index contributed by atoms with van der Waals surface area (Å²) in [6, 6.07) is 8.23. The Labute approximate surface area is 160 Å². The zero-order valence-corrected chi connectivity index (χ0v) is 16.4. The van der Waals surface area contributed by atoms with Crippen molar-refractivity contribution in [3.63, 3.8) is 0 Å². The van der Waals surface area contributed by atoms with Crippen LogP contribution in [-0.4, -0.2) is 14.5 Å².